The van der Waals surface area contributed by atoms with Crippen molar-refractivity contribution in [1.29, 1.82) is 0 Å². The van der Waals surface area contributed by atoms with E-state index in [1.165, 1.54) is 0 Å². The van der Waals surface area contributed by atoms with Crippen molar-refractivity contribution in [3.8, 4) is 0 Å². The number of hydrogen-bond donors (Lipinski definition) is 0. The van der Waals surface area contributed by atoms with Crippen molar-refractivity contribution in [1.82, 2.24) is 0 Å². The maximum atomic E-state index is 12.0. The van der Waals surface area contributed by atoms with Crippen LogP contribution in [0.25, 0.3) is 0 Å². The van der Waals surface area contributed by atoms with Crippen LogP contribution in [0.4, 0.5) is 0 Å². The van der Waals surface area contributed by atoms with E-state index in [4.69, 9.17) is 4.74 Å². The fourth-order valence-electron chi connectivity index (χ4n) is 1.64. The summed E-state index contributed by atoms with van der Waals surface area (Å²) in [6.45, 7) is 5.80. The predicted molar refractivity (Wildman–Crippen MR) is 74.7 cm³/mol. The van der Waals surface area contributed by atoms with Gasteiger partial charge in [-0.25, -0.2) is 0 Å². The van der Waals surface area contributed by atoms with Crippen LogP contribution in [0.15, 0.2) is 30.3 Å². The minimum atomic E-state index is -0.206. The molecule has 3 nitrogen and oxygen atoms in total. The average Bonchev–Trinajstić information content (AvgIpc) is 2.39. The Bertz CT molecular complexity index is 409. The minimum Gasteiger partial charge on any atom is -0.465 e. The van der Waals surface area contributed by atoms with Gasteiger partial charge in [-0.1, -0.05) is 51.1 Å². The molecule has 0 saturated heterocycles. The molecule has 0 heterocycles. The second-order valence-electron chi connectivity index (χ2n) is 5.14. The van der Waals surface area contributed by atoms with Crippen LogP contribution >= 0.6 is 0 Å². The molecular weight excluding hydrogens is 240 g/mol. The first-order valence-corrected chi connectivity index (χ1v) is 6.74. The summed E-state index contributed by atoms with van der Waals surface area (Å²) in [5, 5.41) is 0. The largest absolute Gasteiger partial charge is 0.465 e. The van der Waals surface area contributed by atoms with Crippen LogP contribution in [-0.4, -0.2) is 18.4 Å². The predicted octanol–water partition coefficient (Wildman–Crippen LogP) is 3.02. The lowest BCUT2D eigenvalue weighted by atomic mass is 9.97. The van der Waals surface area contributed by atoms with E-state index in [0.717, 1.165) is 5.56 Å². The van der Waals surface area contributed by atoms with Crippen LogP contribution < -0.4 is 0 Å². The number of benzene rings is 1. The summed E-state index contributed by atoms with van der Waals surface area (Å²) in [4.78, 5) is 23.3. The summed E-state index contributed by atoms with van der Waals surface area (Å²) >= 11 is 0. The van der Waals surface area contributed by atoms with Crippen LogP contribution in [0.2, 0.25) is 0 Å². The average molecular weight is 262 g/mol. The number of carbonyl (C=O) groups excluding carboxylic acids is 2. The molecule has 19 heavy (non-hydrogen) atoms. The Hall–Kier alpha value is -1.64. The Balaban J connectivity index is 2.31. The third-order valence-electron chi connectivity index (χ3n) is 3.04. The number of ether oxygens (including phenoxy) is 1. The standard InChI is InChI=1S/C16H22O3/c1-12(2)16(18)19-10-9-13(3)15(17)11-14-7-5-4-6-8-14/h4-8,12-13H,9-11H2,1-3H3. The molecule has 0 amide bonds. The van der Waals surface area contributed by atoms with Gasteiger partial charge in [0.25, 0.3) is 0 Å². The molecule has 1 rings (SSSR count). The summed E-state index contributed by atoms with van der Waals surface area (Å²) in [5.41, 5.74) is 1.03. The number of carbonyl (C=O) groups is 2. The summed E-state index contributed by atoms with van der Waals surface area (Å²) < 4.78 is 5.08. The Morgan fingerprint density at radius 1 is 1.11 bits per heavy atom. The van der Waals surface area contributed by atoms with E-state index in [2.05, 4.69) is 0 Å². The zero-order valence-electron chi connectivity index (χ0n) is 11.9. The molecule has 1 aromatic carbocycles. The first kappa shape index (κ1) is 15.4. The van der Waals surface area contributed by atoms with Gasteiger partial charge in [-0.2, -0.15) is 0 Å². The first-order valence-electron chi connectivity index (χ1n) is 6.74. The number of Topliss-reactive ketones (excluding diaryl/α,β-unsaturated/α-hetero) is 1. The number of ketones is 1. The molecule has 0 spiro atoms. The molecule has 0 fully saturated rings. The zero-order valence-corrected chi connectivity index (χ0v) is 11.9. The van der Waals surface area contributed by atoms with Crippen molar-refractivity contribution < 1.29 is 14.3 Å². The normalized spacial score (nSPS) is 12.2. The highest BCUT2D eigenvalue weighted by molar-refractivity contribution is 5.82. The number of hydrogen-bond acceptors (Lipinski definition) is 3. The van der Waals surface area contributed by atoms with Crippen molar-refractivity contribution in [3.05, 3.63) is 35.9 Å². The molecule has 1 aromatic rings. The van der Waals surface area contributed by atoms with E-state index in [0.29, 0.717) is 19.4 Å². The fourth-order valence-corrected chi connectivity index (χ4v) is 1.64. The highest BCUT2D eigenvalue weighted by Gasteiger charge is 2.15. The van der Waals surface area contributed by atoms with Gasteiger partial charge in [0.05, 0.1) is 12.5 Å². The fraction of sp³-hybridized carbons (Fsp3) is 0.500. The van der Waals surface area contributed by atoms with Crippen molar-refractivity contribution in [3.63, 3.8) is 0 Å². The number of rotatable bonds is 7. The van der Waals surface area contributed by atoms with Crippen molar-refractivity contribution >= 4 is 11.8 Å². The van der Waals surface area contributed by atoms with Gasteiger partial charge in [0.15, 0.2) is 0 Å². The Labute approximate surface area is 115 Å². The van der Waals surface area contributed by atoms with Crippen LogP contribution in [0.3, 0.4) is 0 Å². The zero-order chi connectivity index (χ0) is 14.3. The molecule has 1 atom stereocenters. The SMILES string of the molecule is CC(C)C(=O)OCCC(C)C(=O)Cc1ccccc1. The highest BCUT2D eigenvalue weighted by atomic mass is 16.5. The van der Waals surface area contributed by atoms with E-state index in [9.17, 15) is 9.59 Å². The summed E-state index contributed by atoms with van der Waals surface area (Å²) in [7, 11) is 0. The smallest absolute Gasteiger partial charge is 0.308 e. The molecule has 0 aliphatic rings. The maximum absolute atomic E-state index is 12.0. The molecule has 0 N–H and O–H groups in total. The van der Waals surface area contributed by atoms with E-state index >= 15 is 0 Å². The van der Waals surface area contributed by atoms with Crippen LogP contribution in [0, 0.1) is 11.8 Å². The van der Waals surface area contributed by atoms with Gasteiger partial charge >= 0.3 is 5.97 Å². The molecule has 0 saturated carbocycles. The monoisotopic (exact) mass is 262 g/mol. The van der Waals surface area contributed by atoms with E-state index < -0.39 is 0 Å². The van der Waals surface area contributed by atoms with Gasteiger partial charge in [0.1, 0.15) is 5.78 Å². The Kier molecular flexibility index (Phi) is 6.26. The van der Waals surface area contributed by atoms with Crippen molar-refractivity contribution in [2.45, 2.75) is 33.6 Å². The molecule has 0 aromatic heterocycles. The molecule has 3 heteroatoms. The molecule has 0 bridgehead atoms. The molecular formula is C16H22O3. The topological polar surface area (TPSA) is 43.4 Å². The summed E-state index contributed by atoms with van der Waals surface area (Å²) in [5.74, 6) is -0.218. The van der Waals surface area contributed by atoms with Gasteiger partial charge in [0, 0.05) is 12.3 Å². The Morgan fingerprint density at radius 3 is 2.32 bits per heavy atom. The first-order chi connectivity index (χ1) is 9.00. The summed E-state index contributed by atoms with van der Waals surface area (Å²) in [6, 6.07) is 9.69. The second kappa shape index (κ2) is 7.72. The van der Waals surface area contributed by atoms with Crippen LogP contribution in [0.1, 0.15) is 32.8 Å². The number of esters is 1. The lowest BCUT2D eigenvalue weighted by Gasteiger charge is -2.12. The van der Waals surface area contributed by atoms with Crippen LogP contribution in [0.5, 0.6) is 0 Å². The highest BCUT2D eigenvalue weighted by Crippen LogP contribution is 2.10. The van der Waals surface area contributed by atoms with Crippen molar-refractivity contribution in [2.24, 2.45) is 11.8 Å². The van der Waals surface area contributed by atoms with Gasteiger partial charge in [-0.3, -0.25) is 9.59 Å². The van der Waals surface area contributed by atoms with Crippen molar-refractivity contribution in [2.75, 3.05) is 6.61 Å². The van der Waals surface area contributed by atoms with Gasteiger partial charge in [-0.05, 0) is 12.0 Å². The van der Waals surface area contributed by atoms with Gasteiger partial charge in [-0.15, -0.1) is 0 Å². The van der Waals surface area contributed by atoms with E-state index in [1.807, 2.05) is 37.3 Å². The van der Waals surface area contributed by atoms with Gasteiger partial charge < -0.3 is 4.74 Å². The third kappa shape index (κ3) is 5.69. The Morgan fingerprint density at radius 2 is 1.74 bits per heavy atom. The summed E-state index contributed by atoms with van der Waals surface area (Å²) in [6.07, 6.45) is 1.03. The second-order valence-corrected chi connectivity index (χ2v) is 5.14. The molecule has 0 radical (unpaired) electrons. The lowest BCUT2D eigenvalue weighted by molar-refractivity contribution is -0.148. The third-order valence-corrected chi connectivity index (χ3v) is 3.04. The molecule has 104 valence electrons. The molecule has 0 aliphatic carbocycles. The molecule has 0 aliphatic heterocycles. The molecule has 1 unspecified atom stereocenters. The van der Waals surface area contributed by atoms with Crippen LogP contribution in [-0.2, 0) is 20.7 Å². The quantitative estimate of drug-likeness (QED) is 0.709. The lowest BCUT2D eigenvalue weighted by Crippen LogP contribution is -2.18. The van der Waals surface area contributed by atoms with Gasteiger partial charge in [0.2, 0.25) is 0 Å². The minimum absolute atomic E-state index is 0.0832. The van der Waals surface area contributed by atoms with E-state index in [1.54, 1.807) is 13.8 Å². The maximum Gasteiger partial charge on any atom is 0.308 e. The van der Waals surface area contributed by atoms with E-state index in [-0.39, 0.29) is 23.6 Å².